The van der Waals surface area contributed by atoms with Crippen molar-refractivity contribution in [2.45, 2.75) is 24.3 Å². The van der Waals surface area contributed by atoms with Crippen molar-refractivity contribution in [3.05, 3.63) is 53.8 Å². The molecule has 26 heavy (non-hydrogen) atoms. The average Bonchev–Trinajstić information content (AvgIpc) is 2.87. The van der Waals surface area contributed by atoms with Gasteiger partial charge in [0.2, 0.25) is 0 Å². The van der Waals surface area contributed by atoms with Gasteiger partial charge in [0.1, 0.15) is 5.82 Å². The average molecular weight is 398 g/mol. The van der Waals surface area contributed by atoms with E-state index in [2.05, 4.69) is 10.0 Å². The minimum absolute atomic E-state index is 0.0114. The van der Waals surface area contributed by atoms with E-state index in [9.17, 15) is 21.2 Å². The second kappa shape index (κ2) is 6.88. The van der Waals surface area contributed by atoms with Crippen molar-refractivity contribution < 1.29 is 21.2 Å². The van der Waals surface area contributed by atoms with Crippen LogP contribution in [0.4, 0.5) is 15.8 Å². The summed E-state index contributed by atoms with van der Waals surface area (Å²) in [5, 5.41) is 3.14. The summed E-state index contributed by atoms with van der Waals surface area (Å²) in [6, 6.07) is 9.89. The zero-order valence-electron chi connectivity index (χ0n) is 14.1. The number of benzene rings is 2. The standard InChI is InChI=1S/C17H19FN2O4S2/c1-12-10-13(18)2-7-17(12)26(23,24)20-15-5-3-14(4-6-15)19-16-8-9-25(21,22)11-16/h2-7,10,16,19-20H,8-9,11H2,1H3. The highest BCUT2D eigenvalue weighted by Gasteiger charge is 2.27. The van der Waals surface area contributed by atoms with Crippen LogP contribution in [-0.2, 0) is 19.9 Å². The molecule has 0 aromatic heterocycles. The summed E-state index contributed by atoms with van der Waals surface area (Å²) in [5.41, 5.74) is 1.39. The molecule has 9 heteroatoms. The Morgan fingerprint density at radius 1 is 1.08 bits per heavy atom. The summed E-state index contributed by atoms with van der Waals surface area (Å²) in [6.45, 7) is 1.53. The van der Waals surface area contributed by atoms with Gasteiger partial charge in [-0.25, -0.2) is 21.2 Å². The maximum Gasteiger partial charge on any atom is 0.262 e. The van der Waals surface area contributed by atoms with Gasteiger partial charge in [-0.05, 0) is 61.4 Å². The third kappa shape index (κ3) is 4.34. The highest BCUT2D eigenvalue weighted by molar-refractivity contribution is 7.92. The largest absolute Gasteiger partial charge is 0.381 e. The number of sulfonamides is 1. The summed E-state index contributed by atoms with van der Waals surface area (Å²) in [5.74, 6) is -0.212. The lowest BCUT2D eigenvalue weighted by Crippen LogP contribution is -2.20. The first-order valence-corrected chi connectivity index (χ1v) is 11.3. The van der Waals surface area contributed by atoms with E-state index >= 15 is 0 Å². The first kappa shape index (κ1) is 18.7. The van der Waals surface area contributed by atoms with Gasteiger partial charge in [-0.15, -0.1) is 0 Å². The number of anilines is 2. The molecule has 0 saturated carbocycles. The lowest BCUT2D eigenvalue weighted by molar-refractivity contribution is 0.597. The molecule has 2 N–H and O–H groups in total. The lowest BCUT2D eigenvalue weighted by atomic mass is 10.2. The molecule has 1 saturated heterocycles. The molecule has 1 unspecified atom stereocenters. The second-order valence-electron chi connectivity index (χ2n) is 6.34. The minimum atomic E-state index is -3.83. The van der Waals surface area contributed by atoms with Crippen molar-refractivity contribution in [3.63, 3.8) is 0 Å². The minimum Gasteiger partial charge on any atom is -0.381 e. The molecular weight excluding hydrogens is 379 g/mol. The third-order valence-corrected chi connectivity index (χ3v) is 7.48. The van der Waals surface area contributed by atoms with Crippen LogP contribution in [0.15, 0.2) is 47.4 Å². The number of hydrogen-bond acceptors (Lipinski definition) is 5. The summed E-state index contributed by atoms with van der Waals surface area (Å²) in [6.07, 6.45) is 0.556. The van der Waals surface area contributed by atoms with E-state index in [1.165, 1.54) is 13.0 Å². The van der Waals surface area contributed by atoms with E-state index in [0.29, 0.717) is 23.4 Å². The molecule has 0 amide bonds. The van der Waals surface area contributed by atoms with Gasteiger partial charge in [0, 0.05) is 17.4 Å². The highest BCUT2D eigenvalue weighted by Crippen LogP contribution is 2.23. The van der Waals surface area contributed by atoms with E-state index in [0.717, 1.165) is 12.1 Å². The van der Waals surface area contributed by atoms with Gasteiger partial charge in [-0.1, -0.05) is 0 Å². The molecule has 0 bridgehead atoms. The lowest BCUT2D eigenvalue weighted by Gasteiger charge is -2.14. The molecule has 0 aliphatic carbocycles. The fourth-order valence-electron chi connectivity index (χ4n) is 2.90. The zero-order chi connectivity index (χ0) is 18.9. The first-order chi connectivity index (χ1) is 12.1. The summed E-state index contributed by atoms with van der Waals surface area (Å²) in [7, 11) is -6.79. The molecule has 1 fully saturated rings. The van der Waals surface area contributed by atoms with E-state index in [-0.39, 0.29) is 22.4 Å². The second-order valence-corrected chi connectivity index (χ2v) is 10.2. The summed E-state index contributed by atoms with van der Waals surface area (Å²) in [4.78, 5) is 0.0114. The van der Waals surface area contributed by atoms with Crippen LogP contribution in [0.1, 0.15) is 12.0 Å². The van der Waals surface area contributed by atoms with Crippen LogP contribution in [0.25, 0.3) is 0 Å². The molecule has 1 heterocycles. The van der Waals surface area contributed by atoms with Gasteiger partial charge >= 0.3 is 0 Å². The maximum atomic E-state index is 13.2. The molecule has 6 nitrogen and oxygen atoms in total. The molecule has 1 aliphatic heterocycles. The number of hydrogen-bond donors (Lipinski definition) is 2. The van der Waals surface area contributed by atoms with E-state index in [1.807, 2.05) is 0 Å². The van der Waals surface area contributed by atoms with Crippen molar-refractivity contribution in [3.8, 4) is 0 Å². The number of rotatable bonds is 5. The summed E-state index contributed by atoms with van der Waals surface area (Å²) >= 11 is 0. The Morgan fingerprint density at radius 2 is 1.73 bits per heavy atom. The van der Waals surface area contributed by atoms with Gasteiger partial charge in [-0.2, -0.15) is 0 Å². The van der Waals surface area contributed by atoms with Crippen molar-refractivity contribution in [1.29, 1.82) is 0 Å². The van der Waals surface area contributed by atoms with Crippen molar-refractivity contribution in [2.75, 3.05) is 21.5 Å². The van der Waals surface area contributed by atoms with E-state index < -0.39 is 25.7 Å². The Kier molecular flexibility index (Phi) is 4.94. The van der Waals surface area contributed by atoms with Crippen LogP contribution in [0, 0.1) is 12.7 Å². The van der Waals surface area contributed by atoms with Crippen LogP contribution < -0.4 is 10.0 Å². The molecule has 0 radical (unpaired) electrons. The first-order valence-electron chi connectivity index (χ1n) is 8.01. The van der Waals surface area contributed by atoms with Gasteiger partial charge in [-0.3, -0.25) is 4.72 Å². The monoisotopic (exact) mass is 398 g/mol. The predicted molar refractivity (Wildman–Crippen MR) is 99.1 cm³/mol. The number of nitrogens with one attached hydrogen (secondary N) is 2. The predicted octanol–water partition coefficient (Wildman–Crippen LogP) is 2.53. The quantitative estimate of drug-likeness (QED) is 0.807. The Bertz CT molecular complexity index is 1020. The molecule has 3 rings (SSSR count). The molecule has 2 aromatic carbocycles. The number of sulfone groups is 1. The van der Waals surface area contributed by atoms with Crippen LogP contribution in [0.5, 0.6) is 0 Å². The van der Waals surface area contributed by atoms with Gasteiger partial charge < -0.3 is 5.32 Å². The molecule has 140 valence electrons. The number of halogens is 1. The SMILES string of the molecule is Cc1cc(F)ccc1S(=O)(=O)Nc1ccc(NC2CCS(=O)(=O)C2)cc1. The topological polar surface area (TPSA) is 92.3 Å². The van der Waals surface area contributed by atoms with Crippen molar-refractivity contribution >= 4 is 31.2 Å². The normalized spacial score (nSPS) is 19.2. The van der Waals surface area contributed by atoms with Crippen LogP contribution >= 0.6 is 0 Å². The zero-order valence-corrected chi connectivity index (χ0v) is 15.7. The Labute approximate surface area is 152 Å². The molecule has 1 atom stereocenters. The Morgan fingerprint density at radius 3 is 2.31 bits per heavy atom. The fraction of sp³-hybridized carbons (Fsp3) is 0.294. The molecule has 1 aliphatic rings. The van der Waals surface area contributed by atoms with E-state index in [4.69, 9.17) is 0 Å². The van der Waals surface area contributed by atoms with Crippen molar-refractivity contribution in [2.24, 2.45) is 0 Å². The highest BCUT2D eigenvalue weighted by atomic mass is 32.2. The maximum absolute atomic E-state index is 13.2. The van der Waals surface area contributed by atoms with Crippen LogP contribution in [0.2, 0.25) is 0 Å². The molecular formula is C17H19FN2O4S2. The number of aryl methyl sites for hydroxylation is 1. The Hall–Kier alpha value is -2.13. The molecule has 0 spiro atoms. The van der Waals surface area contributed by atoms with E-state index in [1.54, 1.807) is 24.3 Å². The van der Waals surface area contributed by atoms with Crippen LogP contribution in [-0.4, -0.2) is 34.4 Å². The fourth-order valence-corrected chi connectivity index (χ4v) is 5.86. The third-order valence-electron chi connectivity index (χ3n) is 4.17. The smallest absolute Gasteiger partial charge is 0.262 e. The van der Waals surface area contributed by atoms with Gasteiger partial charge in [0.25, 0.3) is 10.0 Å². The van der Waals surface area contributed by atoms with Gasteiger partial charge in [0.05, 0.1) is 16.4 Å². The van der Waals surface area contributed by atoms with Crippen molar-refractivity contribution in [1.82, 2.24) is 0 Å². The summed E-state index contributed by atoms with van der Waals surface area (Å²) < 4.78 is 63.5. The Balaban J connectivity index is 1.71. The molecule has 2 aromatic rings. The van der Waals surface area contributed by atoms with Crippen LogP contribution in [0.3, 0.4) is 0 Å². The van der Waals surface area contributed by atoms with Gasteiger partial charge in [0.15, 0.2) is 9.84 Å².